The molecule has 0 aliphatic heterocycles. The second-order valence-electron chi connectivity index (χ2n) is 3.34. The van der Waals surface area contributed by atoms with Crippen molar-refractivity contribution in [1.29, 1.82) is 0 Å². The zero-order chi connectivity index (χ0) is 12.3. The maximum atomic E-state index is 11.8. The van der Waals surface area contributed by atoms with Crippen molar-refractivity contribution in [3.8, 4) is 0 Å². The number of hydrogen-bond donors (Lipinski definition) is 2. The summed E-state index contributed by atoms with van der Waals surface area (Å²) in [6.45, 7) is 0. The number of pyridine rings is 1. The van der Waals surface area contributed by atoms with Gasteiger partial charge >= 0.3 is 0 Å². The lowest BCUT2D eigenvalue weighted by atomic mass is 10.2. The predicted molar refractivity (Wildman–Crippen MR) is 71.8 cm³/mol. The van der Waals surface area contributed by atoms with Gasteiger partial charge in [-0.25, -0.2) is 4.98 Å². The van der Waals surface area contributed by atoms with Crippen LogP contribution in [-0.4, -0.2) is 10.9 Å². The molecule has 2 aromatic rings. The molecule has 0 bridgehead atoms. The number of rotatable bonds is 3. The number of nitrogens with one attached hydrogen (secondary N) is 1. The Hall–Kier alpha value is -1.24. The molecule has 3 N–H and O–H groups in total. The largest absolute Gasteiger partial charge is 0.316 e. The van der Waals surface area contributed by atoms with E-state index < -0.39 is 6.04 Å². The number of carbonyl (C=O) groups excluding carboxylic acids is 1. The van der Waals surface area contributed by atoms with Crippen LogP contribution in [0.3, 0.4) is 0 Å². The number of amides is 1. The summed E-state index contributed by atoms with van der Waals surface area (Å²) in [7, 11) is 0. The molecule has 17 heavy (non-hydrogen) atoms. The van der Waals surface area contributed by atoms with E-state index in [1.165, 1.54) is 11.3 Å². The molecule has 2 aromatic heterocycles. The third-order valence-electron chi connectivity index (χ3n) is 2.11. The summed E-state index contributed by atoms with van der Waals surface area (Å²) in [5.74, 6) is 0.229. The van der Waals surface area contributed by atoms with Crippen molar-refractivity contribution in [3.05, 3.63) is 45.2 Å². The molecule has 4 nitrogen and oxygen atoms in total. The van der Waals surface area contributed by atoms with Gasteiger partial charge in [-0.15, -0.1) is 11.3 Å². The Morgan fingerprint density at radius 3 is 2.88 bits per heavy atom. The third-order valence-corrected chi connectivity index (χ3v) is 3.54. The van der Waals surface area contributed by atoms with Crippen LogP contribution in [0.25, 0.3) is 0 Å². The second kappa shape index (κ2) is 5.39. The average molecular weight is 312 g/mol. The second-order valence-corrected chi connectivity index (χ2v) is 5.24. The molecular weight excluding hydrogens is 302 g/mol. The van der Waals surface area contributed by atoms with Crippen molar-refractivity contribution in [1.82, 2.24) is 4.98 Å². The Morgan fingerprint density at radius 1 is 1.47 bits per heavy atom. The molecule has 0 radical (unpaired) electrons. The highest BCUT2D eigenvalue weighted by Gasteiger charge is 2.16. The fraction of sp³-hybridized carbons (Fsp3) is 0.0909. The molecule has 1 unspecified atom stereocenters. The SMILES string of the molecule is NC(C(=O)Nc1ccc(Br)cn1)c1cccs1. The van der Waals surface area contributed by atoms with E-state index in [1.54, 1.807) is 18.3 Å². The standard InChI is InChI=1S/C11H10BrN3OS/c12-7-3-4-9(14-6-7)15-11(16)10(13)8-2-1-5-17-8/h1-6,10H,13H2,(H,14,15,16). The zero-order valence-corrected chi connectivity index (χ0v) is 11.2. The number of hydrogen-bond acceptors (Lipinski definition) is 4. The summed E-state index contributed by atoms with van der Waals surface area (Å²) < 4.78 is 0.859. The summed E-state index contributed by atoms with van der Waals surface area (Å²) >= 11 is 4.73. The summed E-state index contributed by atoms with van der Waals surface area (Å²) in [6.07, 6.45) is 1.62. The minimum absolute atomic E-state index is 0.262. The van der Waals surface area contributed by atoms with E-state index in [-0.39, 0.29) is 5.91 Å². The van der Waals surface area contributed by atoms with Gasteiger partial charge in [0.1, 0.15) is 11.9 Å². The molecule has 0 spiro atoms. The van der Waals surface area contributed by atoms with E-state index in [4.69, 9.17) is 5.73 Å². The number of thiophene rings is 1. The van der Waals surface area contributed by atoms with E-state index in [0.29, 0.717) is 5.82 Å². The molecule has 0 aliphatic rings. The van der Waals surface area contributed by atoms with Gasteiger partial charge in [0.25, 0.3) is 0 Å². The first-order chi connectivity index (χ1) is 8.16. The fourth-order valence-electron chi connectivity index (χ4n) is 1.25. The van der Waals surface area contributed by atoms with Crippen LogP contribution in [0.1, 0.15) is 10.9 Å². The number of halogens is 1. The van der Waals surface area contributed by atoms with Crippen molar-refractivity contribution in [2.45, 2.75) is 6.04 Å². The van der Waals surface area contributed by atoms with Crippen molar-refractivity contribution in [2.24, 2.45) is 5.73 Å². The highest BCUT2D eigenvalue weighted by molar-refractivity contribution is 9.10. The molecule has 1 atom stereocenters. The third kappa shape index (κ3) is 3.12. The van der Waals surface area contributed by atoms with Crippen LogP contribution in [0, 0.1) is 0 Å². The fourth-order valence-corrected chi connectivity index (χ4v) is 2.21. The molecule has 1 amide bonds. The molecule has 0 saturated heterocycles. The average Bonchev–Trinajstić information content (AvgIpc) is 2.84. The number of anilines is 1. The maximum absolute atomic E-state index is 11.8. The Kier molecular flexibility index (Phi) is 3.88. The quantitative estimate of drug-likeness (QED) is 0.915. The van der Waals surface area contributed by atoms with E-state index >= 15 is 0 Å². The first-order valence-electron chi connectivity index (χ1n) is 4.88. The molecule has 0 fully saturated rings. The molecule has 0 aliphatic carbocycles. The summed E-state index contributed by atoms with van der Waals surface area (Å²) in [5.41, 5.74) is 5.82. The lowest BCUT2D eigenvalue weighted by molar-refractivity contribution is -0.117. The minimum Gasteiger partial charge on any atom is -0.316 e. The van der Waals surface area contributed by atoms with Crippen LogP contribution >= 0.6 is 27.3 Å². The molecule has 0 aromatic carbocycles. The number of nitrogens with two attached hydrogens (primary N) is 1. The molecule has 6 heteroatoms. The van der Waals surface area contributed by atoms with Gasteiger partial charge in [-0.1, -0.05) is 6.07 Å². The van der Waals surface area contributed by atoms with Gasteiger partial charge in [-0.3, -0.25) is 4.79 Å². The van der Waals surface area contributed by atoms with Crippen molar-refractivity contribution >= 4 is 39.0 Å². The van der Waals surface area contributed by atoms with Gasteiger partial charge < -0.3 is 11.1 Å². The summed E-state index contributed by atoms with van der Waals surface area (Å²) in [4.78, 5) is 16.7. The van der Waals surface area contributed by atoms with Gasteiger partial charge in [-0.05, 0) is 39.5 Å². The van der Waals surface area contributed by atoms with Crippen molar-refractivity contribution in [2.75, 3.05) is 5.32 Å². The lowest BCUT2D eigenvalue weighted by Gasteiger charge is -2.09. The molecule has 2 rings (SSSR count). The molecular formula is C11H10BrN3OS. The number of carbonyl (C=O) groups is 1. The minimum atomic E-state index is -0.652. The van der Waals surface area contributed by atoms with Gasteiger partial charge in [0.05, 0.1) is 0 Å². The Balaban J connectivity index is 2.04. The summed E-state index contributed by atoms with van der Waals surface area (Å²) in [5, 5.41) is 4.56. The van der Waals surface area contributed by atoms with Crippen molar-refractivity contribution < 1.29 is 4.79 Å². The molecule has 88 valence electrons. The van der Waals surface area contributed by atoms with Gasteiger partial charge in [0.15, 0.2) is 0 Å². The first-order valence-corrected chi connectivity index (χ1v) is 6.55. The zero-order valence-electron chi connectivity index (χ0n) is 8.76. The van der Waals surface area contributed by atoms with Crippen molar-refractivity contribution in [3.63, 3.8) is 0 Å². The number of nitrogens with zero attached hydrogens (tertiary/aromatic N) is 1. The summed E-state index contributed by atoms with van der Waals surface area (Å²) in [6, 6.07) is 6.57. The monoisotopic (exact) mass is 311 g/mol. The normalized spacial score (nSPS) is 12.1. The first kappa shape index (κ1) is 12.2. The Bertz CT molecular complexity index is 498. The van der Waals surface area contributed by atoms with E-state index in [2.05, 4.69) is 26.2 Å². The van der Waals surface area contributed by atoms with Crippen LogP contribution in [0.4, 0.5) is 5.82 Å². The van der Waals surface area contributed by atoms with Gasteiger partial charge in [-0.2, -0.15) is 0 Å². The smallest absolute Gasteiger partial charge is 0.247 e. The molecule has 0 saturated carbocycles. The van der Waals surface area contributed by atoms with E-state index in [1.807, 2.05) is 17.5 Å². The van der Waals surface area contributed by atoms with Crippen LogP contribution in [0.2, 0.25) is 0 Å². The highest BCUT2D eigenvalue weighted by atomic mass is 79.9. The Morgan fingerprint density at radius 2 is 2.29 bits per heavy atom. The lowest BCUT2D eigenvalue weighted by Crippen LogP contribution is -2.27. The highest BCUT2D eigenvalue weighted by Crippen LogP contribution is 2.18. The Labute approximate surface area is 111 Å². The van der Waals surface area contributed by atoms with Crippen LogP contribution < -0.4 is 11.1 Å². The maximum Gasteiger partial charge on any atom is 0.247 e. The topological polar surface area (TPSA) is 68.0 Å². The van der Waals surface area contributed by atoms with Crippen LogP contribution in [0.5, 0.6) is 0 Å². The molecule has 2 heterocycles. The predicted octanol–water partition coefficient (Wildman–Crippen LogP) is 2.54. The van der Waals surface area contributed by atoms with Crippen LogP contribution in [-0.2, 0) is 4.79 Å². The van der Waals surface area contributed by atoms with E-state index in [0.717, 1.165) is 9.35 Å². The number of aromatic nitrogens is 1. The van der Waals surface area contributed by atoms with Crippen LogP contribution in [0.15, 0.2) is 40.3 Å². The van der Waals surface area contributed by atoms with Gasteiger partial charge in [0, 0.05) is 15.5 Å². The van der Waals surface area contributed by atoms with E-state index in [9.17, 15) is 4.79 Å². The van der Waals surface area contributed by atoms with Gasteiger partial charge in [0.2, 0.25) is 5.91 Å².